The molecule has 0 spiro atoms. The molecule has 0 saturated carbocycles. The molecule has 0 saturated heterocycles. The van der Waals surface area contributed by atoms with Gasteiger partial charge in [0.25, 0.3) is 0 Å². The first kappa shape index (κ1) is 10.7. The highest BCUT2D eigenvalue weighted by Crippen LogP contribution is 2.12. The molecule has 0 rings (SSSR count). The lowest BCUT2D eigenvalue weighted by molar-refractivity contribution is 0.0683. The minimum absolute atomic E-state index is 0.476. The molecule has 0 aliphatic heterocycles. The van der Waals surface area contributed by atoms with Gasteiger partial charge in [-0.15, -0.1) is 0 Å². The second-order valence-electron chi connectivity index (χ2n) is 3.63. The van der Waals surface area contributed by atoms with Crippen LogP contribution in [0.4, 0.5) is 0 Å². The summed E-state index contributed by atoms with van der Waals surface area (Å²) in [6, 6.07) is 0. The largest absolute Gasteiger partial charge is 0.390 e. The molecule has 1 nitrogen and oxygen atoms in total. The van der Waals surface area contributed by atoms with Crippen molar-refractivity contribution >= 4 is 0 Å². The van der Waals surface area contributed by atoms with E-state index in [1.165, 1.54) is 6.42 Å². The zero-order valence-electron chi connectivity index (χ0n) is 7.93. The maximum Gasteiger partial charge on any atom is 0.0591 e. The molecule has 1 heteroatoms. The van der Waals surface area contributed by atoms with Crippen molar-refractivity contribution in [1.29, 1.82) is 0 Å². The van der Waals surface area contributed by atoms with Crippen LogP contribution in [0.3, 0.4) is 0 Å². The third-order valence-corrected chi connectivity index (χ3v) is 1.65. The van der Waals surface area contributed by atoms with E-state index in [4.69, 9.17) is 0 Å². The third kappa shape index (κ3) is 9.70. The SMILES string of the molecule is CC=CCCCCC(C)(C)O. The normalized spacial score (nSPS) is 12.7. The molecule has 66 valence electrons. The summed E-state index contributed by atoms with van der Waals surface area (Å²) in [7, 11) is 0. The molecule has 0 unspecified atom stereocenters. The zero-order valence-corrected chi connectivity index (χ0v) is 7.93. The first-order valence-electron chi connectivity index (χ1n) is 4.40. The Morgan fingerprint density at radius 3 is 2.36 bits per heavy atom. The lowest BCUT2D eigenvalue weighted by Crippen LogP contribution is -2.17. The lowest BCUT2D eigenvalue weighted by Gasteiger charge is -2.15. The predicted octanol–water partition coefficient (Wildman–Crippen LogP) is 2.89. The summed E-state index contributed by atoms with van der Waals surface area (Å²) < 4.78 is 0. The number of hydrogen-bond donors (Lipinski definition) is 1. The van der Waals surface area contributed by atoms with Gasteiger partial charge in [0.1, 0.15) is 0 Å². The number of allylic oxidation sites excluding steroid dienone is 2. The van der Waals surface area contributed by atoms with Crippen LogP contribution in [0.1, 0.15) is 46.5 Å². The average molecular weight is 156 g/mol. The maximum absolute atomic E-state index is 9.36. The van der Waals surface area contributed by atoms with Crippen LogP contribution in [-0.2, 0) is 0 Å². The fraction of sp³-hybridized carbons (Fsp3) is 0.800. The first-order valence-corrected chi connectivity index (χ1v) is 4.40. The van der Waals surface area contributed by atoms with Gasteiger partial charge in [0, 0.05) is 0 Å². The van der Waals surface area contributed by atoms with E-state index in [2.05, 4.69) is 12.2 Å². The van der Waals surface area contributed by atoms with E-state index in [9.17, 15) is 5.11 Å². The fourth-order valence-corrected chi connectivity index (χ4v) is 0.986. The van der Waals surface area contributed by atoms with Crippen molar-refractivity contribution in [3.05, 3.63) is 12.2 Å². The smallest absolute Gasteiger partial charge is 0.0591 e. The van der Waals surface area contributed by atoms with Crippen molar-refractivity contribution in [2.75, 3.05) is 0 Å². The van der Waals surface area contributed by atoms with Gasteiger partial charge < -0.3 is 5.11 Å². The third-order valence-electron chi connectivity index (χ3n) is 1.65. The van der Waals surface area contributed by atoms with Crippen LogP contribution in [0.15, 0.2) is 12.2 Å². The molecular formula is C10H20O. The molecule has 0 aliphatic carbocycles. The summed E-state index contributed by atoms with van der Waals surface area (Å²) in [5.74, 6) is 0. The first-order chi connectivity index (χ1) is 5.06. The average Bonchev–Trinajstić information content (AvgIpc) is 1.85. The van der Waals surface area contributed by atoms with Gasteiger partial charge >= 0.3 is 0 Å². The molecule has 0 aromatic carbocycles. The molecule has 0 heterocycles. The van der Waals surface area contributed by atoms with Crippen molar-refractivity contribution in [2.45, 2.75) is 52.1 Å². The van der Waals surface area contributed by atoms with Gasteiger partial charge in [0.15, 0.2) is 0 Å². The fourth-order valence-electron chi connectivity index (χ4n) is 0.986. The van der Waals surface area contributed by atoms with Gasteiger partial charge in [0.05, 0.1) is 5.60 Å². The Hall–Kier alpha value is -0.300. The van der Waals surface area contributed by atoms with E-state index in [-0.39, 0.29) is 0 Å². The number of hydrogen-bond acceptors (Lipinski definition) is 1. The lowest BCUT2D eigenvalue weighted by atomic mass is 10.0. The van der Waals surface area contributed by atoms with Gasteiger partial charge in [-0.05, 0) is 40.0 Å². The second-order valence-corrected chi connectivity index (χ2v) is 3.63. The van der Waals surface area contributed by atoms with Crippen molar-refractivity contribution in [3.8, 4) is 0 Å². The maximum atomic E-state index is 9.36. The molecule has 0 aromatic rings. The van der Waals surface area contributed by atoms with Gasteiger partial charge in [-0.1, -0.05) is 18.6 Å². The molecule has 0 atom stereocenters. The van der Waals surface area contributed by atoms with Gasteiger partial charge in [-0.25, -0.2) is 0 Å². The highest BCUT2D eigenvalue weighted by molar-refractivity contribution is 4.76. The Morgan fingerprint density at radius 2 is 1.91 bits per heavy atom. The summed E-state index contributed by atoms with van der Waals surface area (Å²) >= 11 is 0. The number of unbranched alkanes of at least 4 members (excludes halogenated alkanes) is 2. The molecule has 0 amide bonds. The summed E-state index contributed by atoms with van der Waals surface area (Å²) in [5.41, 5.74) is -0.476. The Bertz CT molecular complexity index is 109. The molecule has 0 fully saturated rings. The molecular weight excluding hydrogens is 136 g/mol. The van der Waals surface area contributed by atoms with Gasteiger partial charge in [-0.2, -0.15) is 0 Å². The number of aliphatic hydroxyl groups is 1. The van der Waals surface area contributed by atoms with Crippen molar-refractivity contribution < 1.29 is 5.11 Å². The van der Waals surface area contributed by atoms with Crippen LogP contribution in [0.25, 0.3) is 0 Å². The van der Waals surface area contributed by atoms with E-state index >= 15 is 0 Å². The molecule has 0 aliphatic rings. The Balaban J connectivity index is 3.15. The van der Waals surface area contributed by atoms with E-state index in [0.29, 0.717) is 0 Å². The summed E-state index contributed by atoms with van der Waals surface area (Å²) in [4.78, 5) is 0. The highest BCUT2D eigenvalue weighted by atomic mass is 16.3. The quantitative estimate of drug-likeness (QED) is 0.479. The van der Waals surface area contributed by atoms with Crippen LogP contribution in [-0.4, -0.2) is 10.7 Å². The second kappa shape index (κ2) is 5.36. The Labute approximate surface area is 70.1 Å². The molecule has 11 heavy (non-hydrogen) atoms. The van der Waals surface area contributed by atoms with Gasteiger partial charge in [0.2, 0.25) is 0 Å². The topological polar surface area (TPSA) is 20.2 Å². The van der Waals surface area contributed by atoms with E-state index in [0.717, 1.165) is 19.3 Å². The summed E-state index contributed by atoms with van der Waals surface area (Å²) in [5, 5.41) is 9.36. The van der Waals surface area contributed by atoms with Crippen LogP contribution in [0.2, 0.25) is 0 Å². The summed E-state index contributed by atoms with van der Waals surface area (Å²) in [6.45, 7) is 5.77. The Morgan fingerprint density at radius 1 is 1.27 bits per heavy atom. The van der Waals surface area contributed by atoms with Crippen LogP contribution in [0.5, 0.6) is 0 Å². The van der Waals surface area contributed by atoms with Crippen LogP contribution in [0, 0.1) is 0 Å². The van der Waals surface area contributed by atoms with Crippen molar-refractivity contribution in [3.63, 3.8) is 0 Å². The van der Waals surface area contributed by atoms with Crippen LogP contribution < -0.4 is 0 Å². The zero-order chi connectivity index (χ0) is 8.74. The number of rotatable bonds is 5. The minimum atomic E-state index is -0.476. The van der Waals surface area contributed by atoms with Gasteiger partial charge in [-0.3, -0.25) is 0 Å². The monoisotopic (exact) mass is 156 g/mol. The Kier molecular flexibility index (Phi) is 5.22. The van der Waals surface area contributed by atoms with Crippen molar-refractivity contribution in [2.24, 2.45) is 0 Å². The van der Waals surface area contributed by atoms with Crippen molar-refractivity contribution in [1.82, 2.24) is 0 Å². The van der Waals surface area contributed by atoms with E-state index < -0.39 is 5.60 Å². The summed E-state index contributed by atoms with van der Waals surface area (Å²) in [6.07, 6.45) is 8.60. The predicted molar refractivity (Wildman–Crippen MR) is 49.6 cm³/mol. The van der Waals surface area contributed by atoms with E-state index in [1.54, 1.807) is 0 Å². The van der Waals surface area contributed by atoms with E-state index in [1.807, 2.05) is 20.8 Å². The molecule has 1 N–H and O–H groups in total. The molecule has 0 aromatic heterocycles. The minimum Gasteiger partial charge on any atom is -0.390 e. The van der Waals surface area contributed by atoms with Crippen LogP contribution >= 0.6 is 0 Å². The molecule has 0 radical (unpaired) electrons. The molecule has 0 bridgehead atoms. The highest BCUT2D eigenvalue weighted by Gasteiger charge is 2.10. The standard InChI is InChI=1S/C10H20O/c1-4-5-6-7-8-9-10(2,3)11/h4-5,11H,6-9H2,1-3H3.